The average molecular weight is 269 g/mol. The van der Waals surface area contributed by atoms with E-state index in [9.17, 15) is 0 Å². The van der Waals surface area contributed by atoms with Crippen LogP contribution in [0.3, 0.4) is 0 Å². The van der Waals surface area contributed by atoms with Crippen molar-refractivity contribution in [1.29, 1.82) is 0 Å². The number of halogens is 1. The molecule has 1 aromatic rings. The van der Waals surface area contributed by atoms with Gasteiger partial charge in [-0.1, -0.05) is 18.5 Å². The van der Waals surface area contributed by atoms with E-state index in [1.165, 1.54) is 6.33 Å². The van der Waals surface area contributed by atoms with Crippen LogP contribution in [0.5, 0.6) is 0 Å². The van der Waals surface area contributed by atoms with Gasteiger partial charge in [-0.2, -0.15) is 0 Å². The number of piperidine rings is 1. The van der Waals surface area contributed by atoms with Gasteiger partial charge in [0.15, 0.2) is 0 Å². The molecule has 1 aliphatic heterocycles. The quantitative estimate of drug-likeness (QED) is 0.856. The molecule has 2 heterocycles. The zero-order valence-electron chi connectivity index (χ0n) is 11.3. The van der Waals surface area contributed by atoms with E-state index < -0.39 is 0 Å². The third-order valence-electron chi connectivity index (χ3n) is 3.80. The maximum atomic E-state index is 6.10. The van der Waals surface area contributed by atoms with Crippen molar-refractivity contribution in [3.8, 4) is 0 Å². The van der Waals surface area contributed by atoms with Gasteiger partial charge in [0, 0.05) is 24.2 Å². The molecule has 1 saturated heterocycles. The molecule has 18 heavy (non-hydrogen) atoms. The maximum Gasteiger partial charge on any atom is 0.137 e. The molecule has 0 bridgehead atoms. The monoisotopic (exact) mass is 268 g/mol. The van der Waals surface area contributed by atoms with Crippen molar-refractivity contribution in [2.45, 2.75) is 45.2 Å². The Labute approximate surface area is 114 Å². The molecule has 0 radical (unpaired) electrons. The number of rotatable bonds is 3. The predicted molar refractivity (Wildman–Crippen MR) is 75.2 cm³/mol. The van der Waals surface area contributed by atoms with E-state index in [1.54, 1.807) is 0 Å². The highest BCUT2D eigenvalue weighted by Gasteiger charge is 2.23. The molecule has 0 spiro atoms. The Hall–Kier alpha value is -0.870. The summed E-state index contributed by atoms with van der Waals surface area (Å²) in [5, 5.41) is 4.10. The SMILES string of the molecule is CCc1c(Cl)ncnc1NC1CCN(C)C(C)C1. The second-order valence-electron chi connectivity index (χ2n) is 5.04. The van der Waals surface area contributed by atoms with E-state index >= 15 is 0 Å². The molecule has 0 aromatic carbocycles. The van der Waals surface area contributed by atoms with Crippen molar-refractivity contribution in [3.63, 3.8) is 0 Å². The van der Waals surface area contributed by atoms with Crippen molar-refractivity contribution >= 4 is 17.4 Å². The zero-order valence-corrected chi connectivity index (χ0v) is 12.0. The van der Waals surface area contributed by atoms with E-state index in [1.807, 2.05) is 0 Å². The molecule has 2 atom stereocenters. The Morgan fingerprint density at radius 3 is 2.94 bits per heavy atom. The summed E-state index contributed by atoms with van der Waals surface area (Å²) in [7, 11) is 2.18. The smallest absolute Gasteiger partial charge is 0.137 e. The number of likely N-dealkylation sites (tertiary alicyclic amines) is 1. The lowest BCUT2D eigenvalue weighted by molar-refractivity contribution is 0.190. The lowest BCUT2D eigenvalue weighted by atomic mass is 9.99. The molecule has 2 rings (SSSR count). The van der Waals surface area contributed by atoms with Crippen LogP contribution in [0.4, 0.5) is 5.82 Å². The predicted octanol–water partition coefficient (Wildman–Crippen LogP) is 2.59. The largest absolute Gasteiger partial charge is 0.367 e. The first-order valence-corrected chi connectivity index (χ1v) is 6.95. The Morgan fingerprint density at radius 2 is 2.28 bits per heavy atom. The molecule has 1 fully saturated rings. The summed E-state index contributed by atoms with van der Waals surface area (Å²) in [6, 6.07) is 1.09. The van der Waals surface area contributed by atoms with Gasteiger partial charge in [0.25, 0.3) is 0 Å². The van der Waals surface area contributed by atoms with Gasteiger partial charge >= 0.3 is 0 Å². The zero-order chi connectivity index (χ0) is 13.1. The molecule has 2 unspecified atom stereocenters. The number of hydrogen-bond donors (Lipinski definition) is 1. The fourth-order valence-electron chi connectivity index (χ4n) is 2.44. The molecular weight excluding hydrogens is 248 g/mol. The van der Waals surface area contributed by atoms with Crippen molar-refractivity contribution in [3.05, 3.63) is 17.0 Å². The van der Waals surface area contributed by atoms with E-state index in [2.05, 4.69) is 41.1 Å². The van der Waals surface area contributed by atoms with Gasteiger partial charge in [-0.25, -0.2) is 9.97 Å². The molecule has 1 N–H and O–H groups in total. The van der Waals surface area contributed by atoms with Crippen LogP contribution in [0.2, 0.25) is 5.15 Å². The summed E-state index contributed by atoms with van der Waals surface area (Å²) in [4.78, 5) is 10.8. The lowest BCUT2D eigenvalue weighted by Crippen LogP contribution is -2.42. The molecule has 0 saturated carbocycles. The van der Waals surface area contributed by atoms with Gasteiger partial charge < -0.3 is 10.2 Å². The van der Waals surface area contributed by atoms with Crippen LogP contribution < -0.4 is 5.32 Å². The number of anilines is 1. The second-order valence-corrected chi connectivity index (χ2v) is 5.40. The Morgan fingerprint density at radius 1 is 1.50 bits per heavy atom. The highest BCUT2D eigenvalue weighted by Crippen LogP contribution is 2.24. The highest BCUT2D eigenvalue weighted by atomic mass is 35.5. The van der Waals surface area contributed by atoms with Crippen LogP contribution in [0.15, 0.2) is 6.33 Å². The number of nitrogens with zero attached hydrogens (tertiary/aromatic N) is 3. The summed E-state index contributed by atoms with van der Waals surface area (Å²) in [5.41, 5.74) is 1.02. The van der Waals surface area contributed by atoms with Crippen LogP contribution in [-0.2, 0) is 6.42 Å². The maximum absolute atomic E-state index is 6.10. The lowest BCUT2D eigenvalue weighted by Gasteiger charge is -2.35. The molecule has 1 aliphatic rings. The van der Waals surface area contributed by atoms with Crippen molar-refractivity contribution < 1.29 is 0 Å². The molecular formula is C13H21ClN4. The van der Waals surface area contributed by atoms with Crippen LogP contribution >= 0.6 is 11.6 Å². The van der Waals surface area contributed by atoms with Crippen LogP contribution in [0.1, 0.15) is 32.3 Å². The van der Waals surface area contributed by atoms with Crippen LogP contribution in [0.25, 0.3) is 0 Å². The third-order valence-corrected chi connectivity index (χ3v) is 4.12. The van der Waals surface area contributed by atoms with E-state index in [0.717, 1.165) is 37.2 Å². The normalized spacial score (nSPS) is 25.1. The van der Waals surface area contributed by atoms with Gasteiger partial charge in [0.05, 0.1) is 0 Å². The molecule has 0 aliphatic carbocycles. The van der Waals surface area contributed by atoms with Gasteiger partial charge in [-0.3, -0.25) is 0 Å². The minimum absolute atomic E-state index is 0.479. The van der Waals surface area contributed by atoms with E-state index in [-0.39, 0.29) is 0 Å². The number of hydrogen-bond acceptors (Lipinski definition) is 4. The van der Waals surface area contributed by atoms with Gasteiger partial charge in [0.2, 0.25) is 0 Å². The third kappa shape index (κ3) is 2.93. The van der Waals surface area contributed by atoms with Crippen molar-refractivity contribution in [2.75, 3.05) is 18.9 Å². The summed E-state index contributed by atoms with van der Waals surface area (Å²) in [6.07, 6.45) is 4.67. The van der Waals surface area contributed by atoms with Crippen LogP contribution in [0, 0.1) is 0 Å². The van der Waals surface area contributed by atoms with Crippen molar-refractivity contribution in [2.24, 2.45) is 0 Å². The topological polar surface area (TPSA) is 41.1 Å². The van der Waals surface area contributed by atoms with Gasteiger partial charge in [-0.15, -0.1) is 0 Å². The molecule has 0 amide bonds. The standard InChI is InChI=1S/C13H21ClN4/c1-4-11-12(14)15-8-16-13(11)17-10-5-6-18(3)9(2)7-10/h8-10H,4-7H2,1-3H3,(H,15,16,17). The fraction of sp³-hybridized carbons (Fsp3) is 0.692. The fourth-order valence-corrected chi connectivity index (χ4v) is 2.71. The Balaban J connectivity index is 2.08. The first-order chi connectivity index (χ1) is 8.61. The minimum atomic E-state index is 0.479. The summed E-state index contributed by atoms with van der Waals surface area (Å²) in [5.74, 6) is 0.902. The van der Waals surface area contributed by atoms with E-state index in [0.29, 0.717) is 17.2 Å². The van der Waals surface area contributed by atoms with Crippen LogP contribution in [-0.4, -0.2) is 40.5 Å². The Bertz CT molecular complexity index is 410. The summed E-state index contributed by atoms with van der Waals surface area (Å²) in [6.45, 7) is 5.47. The number of aromatic nitrogens is 2. The second kappa shape index (κ2) is 5.85. The average Bonchev–Trinajstić information content (AvgIpc) is 2.34. The molecule has 4 nitrogen and oxygen atoms in total. The van der Waals surface area contributed by atoms with Crippen molar-refractivity contribution in [1.82, 2.24) is 14.9 Å². The van der Waals surface area contributed by atoms with Gasteiger partial charge in [0.1, 0.15) is 17.3 Å². The highest BCUT2D eigenvalue weighted by molar-refractivity contribution is 6.30. The summed E-state index contributed by atoms with van der Waals surface area (Å²) < 4.78 is 0. The van der Waals surface area contributed by atoms with E-state index in [4.69, 9.17) is 11.6 Å². The first kappa shape index (κ1) is 13.6. The molecule has 1 aromatic heterocycles. The first-order valence-electron chi connectivity index (χ1n) is 6.58. The van der Waals surface area contributed by atoms with Gasteiger partial charge in [-0.05, 0) is 33.2 Å². The molecule has 100 valence electrons. The Kier molecular flexibility index (Phi) is 4.40. The number of nitrogens with one attached hydrogen (secondary N) is 1. The minimum Gasteiger partial charge on any atom is -0.367 e. The molecule has 5 heteroatoms. The summed E-state index contributed by atoms with van der Waals surface area (Å²) >= 11 is 6.10.